The second kappa shape index (κ2) is 14.8. The Labute approximate surface area is 245 Å². The van der Waals surface area contributed by atoms with Crippen LogP contribution in [0.25, 0.3) is 0 Å². The van der Waals surface area contributed by atoms with E-state index in [9.17, 15) is 0 Å². The molecule has 193 valence electrons. The maximum Gasteiger partial charge on any atom is 2.00 e. The largest absolute Gasteiger partial charge is 2.00 e. The summed E-state index contributed by atoms with van der Waals surface area (Å²) in [6.45, 7) is 4.47. The van der Waals surface area contributed by atoms with Crippen molar-refractivity contribution in [2.24, 2.45) is 20.0 Å². The van der Waals surface area contributed by atoms with Crippen LogP contribution in [0.2, 0.25) is 0 Å². The van der Waals surface area contributed by atoms with Gasteiger partial charge in [-0.25, -0.2) is 15.0 Å². The van der Waals surface area contributed by atoms with E-state index in [2.05, 4.69) is 50.3 Å². The van der Waals surface area contributed by atoms with Crippen LogP contribution in [0.5, 0.6) is 0 Å². The first kappa shape index (κ1) is 31.2. The summed E-state index contributed by atoms with van der Waals surface area (Å²) < 4.78 is 0. The molecule has 2 aliphatic heterocycles. The Morgan fingerprint density at radius 3 is 1.57 bits per heavy atom. The van der Waals surface area contributed by atoms with Gasteiger partial charge in [-0.3, -0.25) is 9.98 Å². The van der Waals surface area contributed by atoms with Crippen molar-refractivity contribution in [2.45, 2.75) is 77.3 Å². The molecule has 0 spiro atoms. The fraction of sp³-hybridized carbons (Fsp3) is 0.414. The molecule has 1 aromatic heterocycles. The van der Waals surface area contributed by atoms with Crippen LogP contribution in [0.15, 0.2) is 85.8 Å². The van der Waals surface area contributed by atoms with Crippen molar-refractivity contribution in [2.75, 3.05) is 0 Å². The van der Waals surface area contributed by atoms with Gasteiger partial charge in [0, 0.05) is 0 Å². The molecule has 5 nitrogen and oxygen atoms in total. The molecule has 0 amide bonds. The molecule has 2 atom stereocenters. The molecule has 1 aromatic rings. The monoisotopic (exact) mass is 572 g/mol. The van der Waals surface area contributed by atoms with Gasteiger partial charge in [-0.2, -0.15) is 0 Å². The number of hydrogen-bond donors (Lipinski definition) is 0. The van der Waals surface area contributed by atoms with E-state index in [1.54, 1.807) is 0 Å². The van der Waals surface area contributed by atoms with Crippen LogP contribution in [0.1, 0.15) is 76.6 Å². The van der Waals surface area contributed by atoms with Gasteiger partial charge in [-0.1, -0.05) is 69.9 Å². The molecule has 0 aromatic carbocycles. The number of amidine groups is 2. The Hall–Kier alpha value is -2.05. The van der Waals surface area contributed by atoms with E-state index in [0.29, 0.717) is 11.7 Å². The normalized spacial score (nSPS) is 20.6. The zero-order valence-corrected chi connectivity index (χ0v) is 24.4. The number of hydrogen-bond acceptors (Lipinski definition) is 5. The Kier molecular flexibility index (Phi) is 12.4. The maximum atomic E-state index is 4.85. The summed E-state index contributed by atoms with van der Waals surface area (Å²) in [6.07, 6.45) is 22.8. The second-order valence-electron chi connectivity index (χ2n) is 9.35. The number of unbranched alkanes of at least 4 members (excludes halogenated alkanes) is 4. The molecule has 0 N–H and O–H groups in total. The second-order valence-corrected chi connectivity index (χ2v) is 9.35. The molecule has 0 saturated heterocycles. The van der Waals surface area contributed by atoms with Gasteiger partial charge in [0.1, 0.15) is 23.5 Å². The van der Waals surface area contributed by atoms with Crippen LogP contribution in [-0.4, -0.2) is 40.2 Å². The smallest absolute Gasteiger partial charge is 1.00 e. The third-order valence-electron chi connectivity index (χ3n) is 6.60. The van der Waals surface area contributed by atoms with Gasteiger partial charge in [-0.15, -0.1) is 0 Å². The topological polar surface area (TPSA) is 62.3 Å². The van der Waals surface area contributed by atoms with Crippen molar-refractivity contribution in [3.05, 3.63) is 77.2 Å². The minimum Gasteiger partial charge on any atom is -1.00 e. The Bertz CT molecular complexity index is 1120. The molecular weight excluding hydrogens is 540 g/mol. The summed E-state index contributed by atoms with van der Waals surface area (Å²) in [5, 5.41) is 0. The number of nitrogens with zero attached hydrogens (tertiary/aromatic N) is 5. The van der Waals surface area contributed by atoms with Crippen LogP contribution >= 0.6 is 0 Å². The standard InChI is InChI=1S/C29H33N5.2ClH.V/c1-3-5-7-10-20-14-16-22-26(18-20)33-28(31-22)24-12-9-13-25(30-24)29-32-23-17-15-21(11-8-6-4-2)19-27(23)34-29;;;/h9,12-19,22-23H,3-8,10-11H2,1-2H3;2*1H;/q;;;+2/p-2. The summed E-state index contributed by atoms with van der Waals surface area (Å²) in [4.78, 5) is 24.1. The van der Waals surface area contributed by atoms with E-state index in [1.165, 1.54) is 49.7 Å². The van der Waals surface area contributed by atoms with Gasteiger partial charge in [0.15, 0.2) is 11.7 Å². The minimum absolute atomic E-state index is 0. The van der Waals surface area contributed by atoms with Gasteiger partial charge in [0.2, 0.25) is 0 Å². The average Bonchev–Trinajstić information content (AvgIpc) is 3.48. The molecule has 1 radical (unpaired) electrons. The van der Waals surface area contributed by atoms with Crippen LogP contribution in [0.4, 0.5) is 0 Å². The summed E-state index contributed by atoms with van der Waals surface area (Å²) in [7, 11) is 0. The van der Waals surface area contributed by atoms with Gasteiger partial charge >= 0.3 is 18.6 Å². The van der Waals surface area contributed by atoms with E-state index >= 15 is 0 Å². The number of pyridine rings is 1. The van der Waals surface area contributed by atoms with Gasteiger partial charge < -0.3 is 24.8 Å². The number of aromatic nitrogens is 1. The first-order valence-electron chi connectivity index (χ1n) is 12.8. The van der Waals surface area contributed by atoms with E-state index in [4.69, 9.17) is 25.0 Å². The molecule has 3 heterocycles. The van der Waals surface area contributed by atoms with Crippen LogP contribution in [0.3, 0.4) is 0 Å². The molecule has 0 fully saturated rings. The summed E-state index contributed by atoms with van der Waals surface area (Å²) in [6, 6.07) is 5.95. The molecule has 4 aliphatic rings. The number of allylic oxidation sites excluding steroid dienone is 4. The summed E-state index contributed by atoms with van der Waals surface area (Å²) in [5.41, 5.74) is 6.28. The zero-order chi connectivity index (χ0) is 23.3. The van der Waals surface area contributed by atoms with Crippen molar-refractivity contribution >= 4 is 23.1 Å². The Morgan fingerprint density at radius 1 is 0.676 bits per heavy atom. The first-order chi connectivity index (χ1) is 16.7. The molecule has 37 heavy (non-hydrogen) atoms. The Morgan fingerprint density at radius 2 is 1.14 bits per heavy atom. The first-order valence-corrected chi connectivity index (χ1v) is 12.8. The fourth-order valence-corrected chi connectivity index (χ4v) is 4.65. The molecule has 2 aliphatic carbocycles. The van der Waals surface area contributed by atoms with Crippen molar-refractivity contribution in [3.63, 3.8) is 0 Å². The molecule has 2 unspecified atom stereocenters. The van der Waals surface area contributed by atoms with E-state index in [0.717, 1.165) is 35.7 Å². The predicted octanol–water partition coefficient (Wildman–Crippen LogP) is 0.380. The van der Waals surface area contributed by atoms with E-state index in [-0.39, 0.29) is 55.5 Å². The zero-order valence-electron chi connectivity index (χ0n) is 21.4. The third-order valence-corrected chi connectivity index (χ3v) is 6.60. The molecule has 5 rings (SSSR count). The van der Waals surface area contributed by atoms with Crippen LogP contribution in [-0.2, 0) is 18.6 Å². The molecular formula is C29H33Cl2N5V. The molecule has 0 bridgehead atoms. The number of aliphatic imine (C=N–C) groups is 4. The quantitative estimate of drug-likeness (QED) is 0.374. The number of rotatable bonds is 10. The SMILES string of the molecule is CCCCCC1=CC2=NC(c3cccc(C4=NC5C=CC(CCCCC)=CC5=N4)n3)=NC2C=C1.[Cl-].[Cl-].[V+2]. The predicted molar refractivity (Wildman–Crippen MR) is 142 cm³/mol. The van der Waals surface area contributed by atoms with Crippen LogP contribution in [0, 0.1) is 0 Å². The Balaban J connectivity index is 0.00000160. The maximum absolute atomic E-state index is 4.85. The van der Waals surface area contributed by atoms with Crippen molar-refractivity contribution in [3.8, 4) is 0 Å². The van der Waals surface area contributed by atoms with Gasteiger partial charge in [0.25, 0.3) is 0 Å². The number of fused-ring (bicyclic) bond motifs is 2. The van der Waals surface area contributed by atoms with Crippen molar-refractivity contribution < 1.29 is 43.4 Å². The van der Waals surface area contributed by atoms with Crippen molar-refractivity contribution in [1.29, 1.82) is 0 Å². The summed E-state index contributed by atoms with van der Waals surface area (Å²) >= 11 is 0. The average molecular weight is 573 g/mol. The minimum atomic E-state index is 0. The third kappa shape index (κ3) is 7.51. The van der Waals surface area contributed by atoms with Gasteiger partial charge in [0.05, 0.1) is 11.4 Å². The fourth-order valence-electron chi connectivity index (χ4n) is 4.65. The molecule has 8 heteroatoms. The summed E-state index contributed by atoms with van der Waals surface area (Å²) in [5.74, 6) is 1.39. The molecule has 0 saturated carbocycles. The van der Waals surface area contributed by atoms with Gasteiger partial charge in [-0.05, 0) is 61.1 Å². The van der Waals surface area contributed by atoms with Crippen molar-refractivity contribution in [1.82, 2.24) is 4.98 Å². The van der Waals surface area contributed by atoms with E-state index in [1.807, 2.05) is 18.2 Å². The van der Waals surface area contributed by atoms with E-state index < -0.39 is 0 Å². The number of halogens is 2. The van der Waals surface area contributed by atoms with Crippen LogP contribution < -0.4 is 24.8 Å².